The van der Waals surface area contributed by atoms with Gasteiger partial charge < -0.3 is 5.32 Å². The minimum absolute atomic E-state index is 0.263. The van der Waals surface area contributed by atoms with Gasteiger partial charge in [-0.3, -0.25) is 4.79 Å². The first-order chi connectivity index (χ1) is 11.8. The van der Waals surface area contributed by atoms with Crippen LogP contribution in [0.5, 0.6) is 0 Å². The third-order valence-electron chi connectivity index (χ3n) is 3.30. The van der Waals surface area contributed by atoms with E-state index in [0.29, 0.717) is 16.0 Å². The zero-order valence-corrected chi connectivity index (χ0v) is 15.9. The van der Waals surface area contributed by atoms with Gasteiger partial charge in [0, 0.05) is 17.6 Å². The standard InChI is InChI=1S/C15H14Cl2N6OS/c1-7-4-8(2)23-14(19-7)21-15(22-23)25-9(3)13(24)20-12-11(17)5-10(16)6-18-12/h4-6,9H,1-3H3,(H,18,20,24). The number of amides is 1. The normalized spacial score (nSPS) is 12.4. The third kappa shape index (κ3) is 4.02. The van der Waals surface area contributed by atoms with Crippen LogP contribution in [0, 0.1) is 13.8 Å². The average Bonchev–Trinajstić information content (AvgIpc) is 2.92. The molecule has 1 atom stereocenters. The number of carbonyl (C=O) groups is 1. The van der Waals surface area contributed by atoms with Crippen molar-refractivity contribution < 1.29 is 4.79 Å². The molecule has 1 N–H and O–H groups in total. The van der Waals surface area contributed by atoms with E-state index >= 15 is 0 Å². The molecule has 3 aromatic rings. The van der Waals surface area contributed by atoms with E-state index in [1.54, 1.807) is 11.4 Å². The molecule has 25 heavy (non-hydrogen) atoms. The minimum Gasteiger partial charge on any atom is -0.308 e. The van der Waals surface area contributed by atoms with Crippen molar-refractivity contribution in [3.8, 4) is 0 Å². The van der Waals surface area contributed by atoms with Crippen LogP contribution in [-0.2, 0) is 4.79 Å². The van der Waals surface area contributed by atoms with Crippen molar-refractivity contribution in [3.63, 3.8) is 0 Å². The SMILES string of the molecule is Cc1cc(C)n2nc(SC(C)C(=O)Nc3ncc(Cl)cc3Cl)nc2n1. The Morgan fingerprint density at radius 3 is 2.76 bits per heavy atom. The minimum atomic E-state index is -0.452. The fraction of sp³-hybridized carbons (Fsp3) is 0.267. The van der Waals surface area contributed by atoms with Crippen LogP contribution in [0.2, 0.25) is 10.0 Å². The van der Waals surface area contributed by atoms with Gasteiger partial charge in [0.2, 0.25) is 11.1 Å². The molecular weight excluding hydrogens is 383 g/mol. The van der Waals surface area contributed by atoms with E-state index < -0.39 is 5.25 Å². The monoisotopic (exact) mass is 396 g/mol. The van der Waals surface area contributed by atoms with Gasteiger partial charge in [-0.05, 0) is 32.9 Å². The Kier molecular flexibility index (Phi) is 5.12. The molecule has 0 aliphatic carbocycles. The fourth-order valence-electron chi connectivity index (χ4n) is 2.13. The van der Waals surface area contributed by atoms with Crippen molar-refractivity contribution in [2.24, 2.45) is 0 Å². The molecule has 1 amide bonds. The summed E-state index contributed by atoms with van der Waals surface area (Å²) in [5.41, 5.74) is 1.79. The largest absolute Gasteiger partial charge is 0.308 e. The Hall–Kier alpha value is -1.90. The van der Waals surface area contributed by atoms with E-state index in [1.807, 2.05) is 19.9 Å². The molecular formula is C15H14Cl2N6OS. The highest BCUT2D eigenvalue weighted by Gasteiger charge is 2.19. The second-order valence-electron chi connectivity index (χ2n) is 5.38. The molecule has 0 saturated heterocycles. The lowest BCUT2D eigenvalue weighted by atomic mass is 10.4. The Bertz CT molecular complexity index is 961. The van der Waals surface area contributed by atoms with Crippen LogP contribution in [-0.4, -0.2) is 35.7 Å². The molecule has 130 valence electrons. The average molecular weight is 397 g/mol. The summed E-state index contributed by atoms with van der Waals surface area (Å²) in [6.07, 6.45) is 1.42. The molecule has 1 unspecified atom stereocenters. The molecule has 0 aromatic carbocycles. The molecule has 0 bridgehead atoms. The molecule has 0 fully saturated rings. The zero-order valence-electron chi connectivity index (χ0n) is 13.6. The van der Waals surface area contributed by atoms with Crippen LogP contribution >= 0.6 is 35.0 Å². The molecule has 0 aliphatic rings. The molecule has 7 nitrogen and oxygen atoms in total. The summed E-state index contributed by atoms with van der Waals surface area (Å²) in [5.74, 6) is 0.510. The molecule has 0 radical (unpaired) electrons. The number of carbonyl (C=O) groups excluding carboxylic acids is 1. The number of thioether (sulfide) groups is 1. The first kappa shape index (κ1) is 17.9. The van der Waals surface area contributed by atoms with E-state index in [2.05, 4.69) is 25.4 Å². The summed E-state index contributed by atoms with van der Waals surface area (Å²) < 4.78 is 1.65. The van der Waals surface area contributed by atoms with Gasteiger partial charge in [-0.1, -0.05) is 35.0 Å². The highest BCUT2D eigenvalue weighted by Crippen LogP contribution is 2.25. The smallest absolute Gasteiger partial charge is 0.253 e. The van der Waals surface area contributed by atoms with E-state index in [0.717, 1.165) is 11.4 Å². The van der Waals surface area contributed by atoms with Crippen LogP contribution < -0.4 is 5.32 Å². The first-order valence-corrected chi connectivity index (χ1v) is 8.96. The maximum atomic E-state index is 12.3. The Balaban J connectivity index is 1.74. The topological polar surface area (TPSA) is 85.1 Å². The van der Waals surface area contributed by atoms with E-state index in [4.69, 9.17) is 23.2 Å². The fourth-order valence-corrected chi connectivity index (χ4v) is 3.31. The summed E-state index contributed by atoms with van der Waals surface area (Å²) in [5, 5.41) is 7.75. The van der Waals surface area contributed by atoms with Crippen molar-refractivity contribution in [2.75, 3.05) is 5.32 Å². The number of halogens is 2. The molecule has 3 heterocycles. The predicted octanol–water partition coefficient (Wildman–Crippen LogP) is 3.56. The molecule has 0 saturated carbocycles. The first-order valence-electron chi connectivity index (χ1n) is 7.33. The van der Waals surface area contributed by atoms with Crippen LogP contribution in [0.25, 0.3) is 5.78 Å². The number of nitrogens with one attached hydrogen (secondary N) is 1. The highest BCUT2D eigenvalue weighted by molar-refractivity contribution is 8.00. The lowest BCUT2D eigenvalue weighted by Gasteiger charge is -2.10. The number of fused-ring (bicyclic) bond motifs is 1. The van der Waals surface area contributed by atoms with Crippen LogP contribution in [0.15, 0.2) is 23.5 Å². The van der Waals surface area contributed by atoms with Crippen molar-refractivity contribution in [3.05, 3.63) is 39.8 Å². The second kappa shape index (κ2) is 7.15. The van der Waals surface area contributed by atoms with E-state index in [9.17, 15) is 4.79 Å². The second-order valence-corrected chi connectivity index (χ2v) is 7.53. The summed E-state index contributed by atoms with van der Waals surface area (Å²) in [4.78, 5) is 25.1. The van der Waals surface area contributed by atoms with Gasteiger partial charge in [0.05, 0.1) is 15.3 Å². The predicted molar refractivity (Wildman–Crippen MR) is 98.5 cm³/mol. The molecule has 10 heteroatoms. The van der Waals surface area contributed by atoms with Crippen molar-refractivity contribution >= 4 is 52.5 Å². The van der Waals surface area contributed by atoms with Crippen molar-refractivity contribution in [2.45, 2.75) is 31.2 Å². The Morgan fingerprint density at radius 1 is 1.28 bits per heavy atom. The summed E-state index contributed by atoms with van der Waals surface area (Å²) in [6, 6.07) is 3.43. The molecule has 0 aliphatic heterocycles. The van der Waals surface area contributed by atoms with Gasteiger partial charge in [-0.15, -0.1) is 5.10 Å². The maximum absolute atomic E-state index is 12.3. The number of pyridine rings is 1. The maximum Gasteiger partial charge on any atom is 0.253 e. The van der Waals surface area contributed by atoms with Gasteiger partial charge in [0.25, 0.3) is 5.78 Å². The van der Waals surface area contributed by atoms with E-state index in [-0.39, 0.29) is 16.7 Å². The quantitative estimate of drug-likeness (QED) is 0.678. The highest BCUT2D eigenvalue weighted by atomic mass is 35.5. The van der Waals surface area contributed by atoms with Crippen LogP contribution in [0.1, 0.15) is 18.3 Å². The number of aromatic nitrogens is 5. The Morgan fingerprint density at radius 2 is 2.04 bits per heavy atom. The van der Waals surface area contributed by atoms with Crippen molar-refractivity contribution in [1.29, 1.82) is 0 Å². The van der Waals surface area contributed by atoms with Gasteiger partial charge in [0.1, 0.15) is 0 Å². The van der Waals surface area contributed by atoms with Crippen LogP contribution in [0.3, 0.4) is 0 Å². The van der Waals surface area contributed by atoms with Crippen LogP contribution in [0.4, 0.5) is 5.82 Å². The number of rotatable bonds is 4. The summed E-state index contributed by atoms with van der Waals surface area (Å²) in [6.45, 7) is 5.57. The Labute approximate surface area is 158 Å². The lowest BCUT2D eigenvalue weighted by Crippen LogP contribution is -2.23. The van der Waals surface area contributed by atoms with Gasteiger partial charge in [0.15, 0.2) is 5.82 Å². The summed E-state index contributed by atoms with van der Waals surface area (Å²) in [7, 11) is 0. The number of hydrogen-bond acceptors (Lipinski definition) is 6. The number of hydrogen-bond donors (Lipinski definition) is 1. The van der Waals surface area contributed by atoms with Crippen molar-refractivity contribution in [1.82, 2.24) is 24.6 Å². The van der Waals surface area contributed by atoms with Gasteiger partial charge in [-0.2, -0.15) is 4.98 Å². The van der Waals surface area contributed by atoms with Gasteiger partial charge >= 0.3 is 0 Å². The molecule has 0 spiro atoms. The number of aryl methyl sites for hydroxylation is 2. The molecule has 3 rings (SSSR count). The van der Waals surface area contributed by atoms with E-state index in [1.165, 1.54) is 24.0 Å². The zero-order chi connectivity index (χ0) is 18.1. The number of nitrogens with zero attached hydrogens (tertiary/aromatic N) is 5. The van der Waals surface area contributed by atoms with Gasteiger partial charge in [-0.25, -0.2) is 14.5 Å². The summed E-state index contributed by atoms with van der Waals surface area (Å²) >= 11 is 13.0. The molecule has 3 aromatic heterocycles. The lowest BCUT2D eigenvalue weighted by molar-refractivity contribution is -0.115. The number of anilines is 1. The third-order valence-corrected chi connectivity index (χ3v) is 4.75.